The Bertz CT molecular complexity index is 903. The number of rotatable bonds is 7. The molecule has 0 aliphatic rings. The van der Waals surface area contributed by atoms with Crippen LogP contribution in [0.5, 0.6) is 0 Å². The summed E-state index contributed by atoms with van der Waals surface area (Å²) in [7, 11) is 0. The SMILES string of the molecule is CC(O)CNc1nc2ccccc2n1CC(=O)N(c1ccccc1)C(C)C. The van der Waals surface area contributed by atoms with Crippen molar-refractivity contribution in [2.45, 2.75) is 39.5 Å². The van der Waals surface area contributed by atoms with Gasteiger partial charge >= 0.3 is 0 Å². The number of aliphatic hydroxyl groups is 1. The first-order chi connectivity index (χ1) is 13.0. The van der Waals surface area contributed by atoms with E-state index in [-0.39, 0.29) is 18.5 Å². The van der Waals surface area contributed by atoms with Crippen LogP contribution in [-0.2, 0) is 11.3 Å². The Balaban J connectivity index is 1.94. The molecule has 0 fully saturated rings. The number of amides is 1. The summed E-state index contributed by atoms with van der Waals surface area (Å²) in [5, 5.41) is 12.7. The molecule has 0 saturated heterocycles. The molecule has 2 N–H and O–H groups in total. The number of hydrogen-bond donors (Lipinski definition) is 2. The monoisotopic (exact) mass is 366 g/mol. The number of nitrogens with one attached hydrogen (secondary N) is 1. The molecular formula is C21H26N4O2. The lowest BCUT2D eigenvalue weighted by Crippen LogP contribution is -2.39. The quantitative estimate of drug-likeness (QED) is 0.673. The smallest absolute Gasteiger partial charge is 0.247 e. The Labute approximate surface area is 159 Å². The third-order valence-corrected chi connectivity index (χ3v) is 4.32. The molecule has 1 heterocycles. The second kappa shape index (κ2) is 8.22. The van der Waals surface area contributed by atoms with Crippen molar-refractivity contribution < 1.29 is 9.90 Å². The number of imidazole rings is 1. The molecule has 0 bridgehead atoms. The van der Waals surface area contributed by atoms with E-state index in [1.807, 2.05) is 73.0 Å². The van der Waals surface area contributed by atoms with Gasteiger partial charge in [0, 0.05) is 18.3 Å². The maximum Gasteiger partial charge on any atom is 0.247 e. The lowest BCUT2D eigenvalue weighted by atomic mass is 10.2. The first-order valence-electron chi connectivity index (χ1n) is 9.21. The van der Waals surface area contributed by atoms with Gasteiger partial charge in [-0.3, -0.25) is 4.79 Å². The standard InChI is InChI=1S/C21H26N4O2/c1-15(2)25(17-9-5-4-6-10-17)20(27)14-24-19-12-8-7-11-18(19)23-21(24)22-13-16(3)26/h4-12,15-16,26H,13-14H2,1-3H3,(H,22,23). The number of anilines is 2. The van der Waals surface area contributed by atoms with Crippen molar-refractivity contribution in [3.63, 3.8) is 0 Å². The van der Waals surface area contributed by atoms with Crippen LogP contribution in [0.25, 0.3) is 11.0 Å². The minimum absolute atomic E-state index is 0.0144. The summed E-state index contributed by atoms with van der Waals surface area (Å²) in [6, 6.07) is 17.4. The maximum atomic E-state index is 13.2. The third kappa shape index (κ3) is 4.28. The summed E-state index contributed by atoms with van der Waals surface area (Å²) < 4.78 is 1.87. The summed E-state index contributed by atoms with van der Waals surface area (Å²) >= 11 is 0. The van der Waals surface area contributed by atoms with Gasteiger partial charge in [-0.1, -0.05) is 30.3 Å². The largest absolute Gasteiger partial charge is 0.392 e. The van der Waals surface area contributed by atoms with Gasteiger partial charge in [-0.15, -0.1) is 0 Å². The lowest BCUT2D eigenvalue weighted by molar-refractivity contribution is -0.119. The number of aromatic nitrogens is 2. The van der Waals surface area contributed by atoms with Crippen molar-refractivity contribution in [1.29, 1.82) is 0 Å². The molecule has 0 spiro atoms. The van der Waals surface area contributed by atoms with E-state index in [0.29, 0.717) is 12.5 Å². The number of carbonyl (C=O) groups is 1. The number of para-hydroxylation sites is 3. The number of fused-ring (bicyclic) bond motifs is 1. The zero-order valence-electron chi connectivity index (χ0n) is 16.0. The normalized spacial score (nSPS) is 12.3. The Morgan fingerprint density at radius 3 is 2.44 bits per heavy atom. The third-order valence-electron chi connectivity index (χ3n) is 4.32. The van der Waals surface area contributed by atoms with Crippen LogP contribution >= 0.6 is 0 Å². The second-order valence-electron chi connectivity index (χ2n) is 6.93. The van der Waals surface area contributed by atoms with Crippen molar-refractivity contribution in [3.05, 3.63) is 54.6 Å². The molecule has 0 aliphatic carbocycles. The molecule has 142 valence electrons. The van der Waals surface area contributed by atoms with E-state index in [1.165, 1.54) is 0 Å². The summed E-state index contributed by atoms with van der Waals surface area (Å²) in [6.45, 7) is 6.24. The summed E-state index contributed by atoms with van der Waals surface area (Å²) in [4.78, 5) is 19.6. The molecule has 27 heavy (non-hydrogen) atoms. The Kier molecular flexibility index (Phi) is 5.76. The molecule has 6 heteroatoms. The van der Waals surface area contributed by atoms with Gasteiger partial charge in [-0.2, -0.15) is 0 Å². The van der Waals surface area contributed by atoms with Crippen LogP contribution in [0.4, 0.5) is 11.6 Å². The molecule has 0 radical (unpaired) electrons. The van der Waals surface area contributed by atoms with E-state index in [1.54, 1.807) is 11.8 Å². The molecule has 0 aliphatic heterocycles. The predicted molar refractivity (Wildman–Crippen MR) is 109 cm³/mol. The first-order valence-corrected chi connectivity index (χ1v) is 9.21. The molecule has 1 unspecified atom stereocenters. The van der Waals surface area contributed by atoms with E-state index >= 15 is 0 Å². The van der Waals surface area contributed by atoms with Crippen LogP contribution in [-0.4, -0.2) is 39.3 Å². The summed E-state index contributed by atoms with van der Waals surface area (Å²) in [5.41, 5.74) is 2.57. The Hall–Kier alpha value is -2.86. The van der Waals surface area contributed by atoms with E-state index in [2.05, 4.69) is 10.3 Å². The highest BCUT2D eigenvalue weighted by Crippen LogP contribution is 2.22. The minimum Gasteiger partial charge on any atom is -0.392 e. The van der Waals surface area contributed by atoms with Gasteiger partial charge in [0.25, 0.3) is 0 Å². The second-order valence-corrected chi connectivity index (χ2v) is 6.93. The topological polar surface area (TPSA) is 70.4 Å². The Morgan fingerprint density at radius 2 is 1.78 bits per heavy atom. The molecule has 3 rings (SSSR count). The van der Waals surface area contributed by atoms with Crippen LogP contribution in [0, 0.1) is 0 Å². The number of aliphatic hydroxyl groups excluding tert-OH is 1. The number of hydrogen-bond acceptors (Lipinski definition) is 4. The summed E-state index contributed by atoms with van der Waals surface area (Å²) in [6.07, 6.45) is -0.509. The average Bonchev–Trinajstić information content (AvgIpc) is 2.98. The zero-order valence-corrected chi connectivity index (χ0v) is 16.0. The molecular weight excluding hydrogens is 340 g/mol. The summed E-state index contributed by atoms with van der Waals surface area (Å²) in [5.74, 6) is 0.571. The van der Waals surface area contributed by atoms with E-state index < -0.39 is 6.10 Å². The highest BCUT2D eigenvalue weighted by atomic mass is 16.3. The van der Waals surface area contributed by atoms with Gasteiger partial charge in [0.05, 0.1) is 17.1 Å². The van der Waals surface area contributed by atoms with Crippen LogP contribution in [0.3, 0.4) is 0 Å². The number of benzene rings is 2. The van der Waals surface area contributed by atoms with Crippen molar-refractivity contribution in [3.8, 4) is 0 Å². The maximum absolute atomic E-state index is 13.2. The van der Waals surface area contributed by atoms with Crippen LogP contribution in [0.1, 0.15) is 20.8 Å². The van der Waals surface area contributed by atoms with E-state index in [4.69, 9.17) is 0 Å². The molecule has 1 aromatic heterocycles. The fraction of sp³-hybridized carbons (Fsp3) is 0.333. The van der Waals surface area contributed by atoms with Gasteiger partial charge in [0.2, 0.25) is 11.9 Å². The van der Waals surface area contributed by atoms with Crippen molar-refractivity contribution in [2.75, 3.05) is 16.8 Å². The minimum atomic E-state index is -0.509. The fourth-order valence-electron chi connectivity index (χ4n) is 3.14. The van der Waals surface area contributed by atoms with Crippen LogP contribution < -0.4 is 10.2 Å². The Morgan fingerprint density at radius 1 is 1.11 bits per heavy atom. The van der Waals surface area contributed by atoms with Crippen molar-refractivity contribution in [1.82, 2.24) is 9.55 Å². The van der Waals surface area contributed by atoms with Gasteiger partial charge in [0.15, 0.2) is 0 Å². The average molecular weight is 366 g/mol. The molecule has 1 amide bonds. The van der Waals surface area contributed by atoms with Crippen molar-refractivity contribution >= 4 is 28.6 Å². The van der Waals surface area contributed by atoms with Crippen LogP contribution in [0.2, 0.25) is 0 Å². The molecule has 6 nitrogen and oxygen atoms in total. The van der Waals surface area contributed by atoms with Crippen LogP contribution in [0.15, 0.2) is 54.6 Å². The molecule has 2 aromatic carbocycles. The highest BCUT2D eigenvalue weighted by Gasteiger charge is 2.22. The molecule has 0 saturated carbocycles. The van der Waals surface area contributed by atoms with Gasteiger partial charge in [0.1, 0.15) is 6.54 Å². The number of carbonyl (C=O) groups excluding carboxylic acids is 1. The van der Waals surface area contributed by atoms with Gasteiger partial charge in [-0.05, 0) is 45.0 Å². The highest BCUT2D eigenvalue weighted by molar-refractivity contribution is 5.95. The zero-order chi connectivity index (χ0) is 19.4. The molecule has 3 aromatic rings. The van der Waals surface area contributed by atoms with Crippen molar-refractivity contribution in [2.24, 2.45) is 0 Å². The fourth-order valence-corrected chi connectivity index (χ4v) is 3.14. The van der Waals surface area contributed by atoms with E-state index in [0.717, 1.165) is 16.7 Å². The number of nitrogens with zero attached hydrogens (tertiary/aromatic N) is 3. The predicted octanol–water partition coefficient (Wildman–Crippen LogP) is 3.27. The van der Waals surface area contributed by atoms with Gasteiger partial charge in [-0.25, -0.2) is 4.98 Å². The van der Waals surface area contributed by atoms with Gasteiger partial charge < -0.3 is 19.9 Å². The molecule has 1 atom stereocenters. The van der Waals surface area contributed by atoms with E-state index in [9.17, 15) is 9.90 Å². The first kappa shape index (κ1) is 18.9. The lowest BCUT2D eigenvalue weighted by Gasteiger charge is -2.27.